The van der Waals surface area contributed by atoms with Gasteiger partial charge in [-0.15, -0.1) is 0 Å². The number of rotatable bonds is 2. The Balaban J connectivity index is 2.43. The molecule has 1 atom stereocenters. The molecule has 1 nitrogen and oxygen atoms in total. The van der Waals surface area contributed by atoms with E-state index >= 15 is 0 Å². The van der Waals surface area contributed by atoms with Crippen molar-refractivity contribution in [3.05, 3.63) is 67.3 Å². The predicted molar refractivity (Wildman–Crippen MR) is 77.3 cm³/mol. The van der Waals surface area contributed by atoms with E-state index < -0.39 is 11.9 Å². The molecule has 0 aliphatic heterocycles. The summed E-state index contributed by atoms with van der Waals surface area (Å²) in [5.41, 5.74) is 0.765. The third-order valence-corrected chi connectivity index (χ3v) is 4.33. The van der Waals surface area contributed by atoms with Gasteiger partial charge >= 0.3 is 0 Å². The van der Waals surface area contributed by atoms with E-state index in [1.54, 1.807) is 30.3 Å². The van der Waals surface area contributed by atoms with Gasteiger partial charge in [-0.2, -0.15) is 0 Å². The average molecular weight is 394 g/mol. The van der Waals surface area contributed by atoms with Gasteiger partial charge in [0.2, 0.25) is 0 Å². The minimum atomic E-state index is -1.04. The summed E-state index contributed by atoms with van der Waals surface area (Å²) in [5, 5.41) is 10.1. The second kappa shape index (κ2) is 5.70. The third kappa shape index (κ3) is 2.77. The molecule has 1 unspecified atom stereocenters. The van der Waals surface area contributed by atoms with Crippen LogP contribution in [0.15, 0.2) is 45.3 Å². The average Bonchev–Trinajstić information content (AvgIpc) is 2.36. The van der Waals surface area contributed by atoms with E-state index in [0.29, 0.717) is 10.0 Å². The highest BCUT2D eigenvalue weighted by Gasteiger charge is 2.18. The maximum Gasteiger partial charge on any atom is 0.149 e. The SMILES string of the molecule is OC(c1ccc(Br)cc1)c1ccc(Br)c(Cl)c1F. The zero-order chi connectivity index (χ0) is 13.3. The molecule has 0 aliphatic rings. The standard InChI is InChI=1S/C13H8Br2ClFO/c14-8-3-1-7(2-4-8)13(18)9-5-6-10(15)11(16)12(9)17/h1-6,13,18H. The summed E-state index contributed by atoms with van der Waals surface area (Å²) in [5.74, 6) is -0.610. The van der Waals surface area contributed by atoms with Crippen molar-refractivity contribution in [1.82, 2.24) is 0 Å². The summed E-state index contributed by atoms with van der Waals surface area (Å²) in [6, 6.07) is 10.2. The van der Waals surface area contributed by atoms with Gasteiger partial charge in [0.25, 0.3) is 0 Å². The van der Waals surface area contributed by atoms with Crippen LogP contribution in [0, 0.1) is 5.82 Å². The lowest BCUT2D eigenvalue weighted by Gasteiger charge is -2.13. The minimum absolute atomic E-state index is 0.0244. The van der Waals surface area contributed by atoms with Gasteiger partial charge in [0.05, 0.1) is 5.02 Å². The number of hydrogen-bond donors (Lipinski definition) is 1. The van der Waals surface area contributed by atoms with Crippen molar-refractivity contribution in [3.8, 4) is 0 Å². The summed E-state index contributed by atoms with van der Waals surface area (Å²) in [6.07, 6.45) is -1.04. The Bertz CT molecular complexity index is 572. The molecule has 0 saturated heterocycles. The molecule has 0 spiro atoms. The second-order valence-corrected chi connectivity index (χ2v) is 5.87. The molecule has 5 heteroatoms. The van der Waals surface area contributed by atoms with Gasteiger partial charge in [-0.05, 0) is 39.7 Å². The molecule has 0 fully saturated rings. The van der Waals surface area contributed by atoms with Crippen LogP contribution in [0.3, 0.4) is 0 Å². The Morgan fingerprint density at radius 2 is 1.67 bits per heavy atom. The molecule has 2 aromatic rings. The normalized spacial score (nSPS) is 12.5. The van der Waals surface area contributed by atoms with Gasteiger partial charge in [0.1, 0.15) is 11.9 Å². The summed E-state index contributed by atoms with van der Waals surface area (Å²) < 4.78 is 15.3. The molecule has 0 aliphatic carbocycles. The predicted octanol–water partition coefficient (Wildman–Crippen LogP) is 5.09. The van der Waals surface area contributed by atoms with Crippen LogP contribution in [0.25, 0.3) is 0 Å². The molecule has 0 bridgehead atoms. The fourth-order valence-corrected chi connectivity index (χ4v) is 2.32. The van der Waals surface area contributed by atoms with Crippen LogP contribution in [0.5, 0.6) is 0 Å². The smallest absolute Gasteiger partial charge is 0.149 e. The first-order valence-corrected chi connectivity index (χ1v) is 7.04. The fraction of sp³-hybridized carbons (Fsp3) is 0.0769. The van der Waals surface area contributed by atoms with Crippen LogP contribution < -0.4 is 0 Å². The second-order valence-electron chi connectivity index (χ2n) is 3.72. The Morgan fingerprint density at radius 3 is 2.28 bits per heavy atom. The van der Waals surface area contributed by atoms with Gasteiger partial charge in [0.15, 0.2) is 0 Å². The first-order valence-electron chi connectivity index (χ1n) is 5.07. The van der Waals surface area contributed by atoms with Gasteiger partial charge in [0, 0.05) is 14.5 Å². The molecule has 0 heterocycles. The van der Waals surface area contributed by atoms with Crippen LogP contribution in [0.2, 0.25) is 5.02 Å². The Hall–Kier alpha value is -0.420. The summed E-state index contributed by atoms with van der Waals surface area (Å²) in [6.45, 7) is 0. The molecule has 2 aromatic carbocycles. The van der Waals surface area contributed by atoms with Crippen LogP contribution in [0.4, 0.5) is 4.39 Å². The summed E-state index contributed by atoms with van der Waals surface area (Å²) in [4.78, 5) is 0. The lowest BCUT2D eigenvalue weighted by Crippen LogP contribution is -2.03. The first-order chi connectivity index (χ1) is 8.50. The van der Waals surface area contributed by atoms with E-state index in [2.05, 4.69) is 31.9 Å². The van der Waals surface area contributed by atoms with Gasteiger partial charge < -0.3 is 5.11 Å². The number of aliphatic hydroxyl groups is 1. The Labute approximate surface area is 126 Å². The van der Waals surface area contributed by atoms with E-state index in [1.165, 1.54) is 6.07 Å². The lowest BCUT2D eigenvalue weighted by molar-refractivity contribution is 0.215. The quantitative estimate of drug-likeness (QED) is 0.704. The highest BCUT2D eigenvalue weighted by Crippen LogP contribution is 2.33. The van der Waals surface area contributed by atoms with Crippen molar-refractivity contribution in [2.45, 2.75) is 6.10 Å². The van der Waals surface area contributed by atoms with Gasteiger partial charge in [-0.25, -0.2) is 4.39 Å². The zero-order valence-electron chi connectivity index (χ0n) is 9.00. The highest BCUT2D eigenvalue weighted by molar-refractivity contribution is 9.10. The van der Waals surface area contributed by atoms with Crippen molar-refractivity contribution in [2.24, 2.45) is 0 Å². The van der Waals surface area contributed by atoms with Crippen LogP contribution >= 0.6 is 43.5 Å². The van der Waals surface area contributed by atoms with Gasteiger partial charge in [-0.1, -0.05) is 45.7 Å². The molecule has 1 N–H and O–H groups in total. The van der Waals surface area contributed by atoms with E-state index in [1.807, 2.05) is 0 Å². The molecule has 2 rings (SSSR count). The van der Waals surface area contributed by atoms with E-state index in [-0.39, 0.29) is 10.6 Å². The monoisotopic (exact) mass is 392 g/mol. The fourth-order valence-electron chi connectivity index (χ4n) is 1.58. The molecular weight excluding hydrogens is 386 g/mol. The van der Waals surface area contributed by atoms with Crippen molar-refractivity contribution >= 4 is 43.5 Å². The Kier molecular flexibility index (Phi) is 4.43. The largest absolute Gasteiger partial charge is 0.384 e. The van der Waals surface area contributed by atoms with E-state index in [9.17, 15) is 9.50 Å². The highest BCUT2D eigenvalue weighted by atomic mass is 79.9. The lowest BCUT2D eigenvalue weighted by atomic mass is 10.0. The molecule has 0 radical (unpaired) electrons. The first kappa shape index (κ1) is 14.0. The maximum absolute atomic E-state index is 13.9. The number of halogens is 4. The number of aliphatic hydroxyl groups excluding tert-OH is 1. The van der Waals surface area contributed by atoms with Crippen molar-refractivity contribution in [3.63, 3.8) is 0 Å². The molecule has 0 saturated carbocycles. The topological polar surface area (TPSA) is 20.2 Å². The zero-order valence-corrected chi connectivity index (χ0v) is 12.9. The van der Waals surface area contributed by atoms with Crippen molar-refractivity contribution in [1.29, 1.82) is 0 Å². The summed E-state index contributed by atoms with van der Waals surface area (Å²) in [7, 11) is 0. The van der Waals surface area contributed by atoms with E-state index in [4.69, 9.17) is 11.6 Å². The van der Waals surface area contributed by atoms with E-state index in [0.717, 1.165) is 4.47 Å². The van der Waals surface area contributed by atoms with Crippen LogP contribution in [-0.2, 0) is 0 Å². The molecule has 0 amide bonds. The molecule has 0 aromatic heterocycles. The number of hydrogen-bond acceptors (Lipinski definition) is 1. The maximum atomic E-state index is 13.9. The summed E-state index contributed by atoms with van der Waals surface area (Å²) >= 11 is 12.2. The molecule has 94 valence electrons. The number of benzene rings is 2. The van der Waals surface area contributed by atoms with Gasteiger partial charge in [-0.3, -0.25) is 0 Å². The van der Waals surface area contributed by atoms with Crippen LogP contribution in [0.1, 0.15) is 17.2 Å². The van der Waals surface area contributed by atoms with Crippen LogP contribution in [-0.4, -0.2) is 5.11 Å². The Morgan fingerprint density at radius 1 is 1.06 bits per heavy atom. The third-order valence-electron chi connectivity index (χ3n) is 2.55. The molecular formula is C13H8Br2ClFO. The van der Waals surface area contributed by atoms with Crippen molar-refractivity contribution in [2.75, 3.05) is 0 Å². The van der Waals surface area contributed by atoms with Crippen molar-refractivity contribution < 1.29 is 9.50 Å². The molecule has 18 heavy (non-hydrogen) atoms. The minimum Gasteiger partial charge on any atom is -0.384 e.